The first-order chi connectivity index (χ1) is 16.7. The van der Waals surface area contributed by atoms with Crippen molar-refractivity contribution in [2.24, 2.45) is 0 Å². The molecule has 12 heteroatoms. The fraction of sp³-hybridized carbons (Fsp3) is 0.480. The lowest BCUT2D eigenvalue weighted by molar-refractivity contribution is -0.143. The van der Waals surface area contributed by atoms with Gasteiger partial charge >= 0.3 is 12.4 Å². The van der Waals surface area contributed by atoms with Gasteiger partial charge in [0.1, 0.15) is 0 Å². The van der Waals surface area contributed by atoms with Crippen molar-refractivity contribution in [2.45, 2.75) is 63.6 Å². The summed E-state index contributed by atoms with van der Waals surface area (Å²) in [6.45, 7) is 10.7. The van der Waals surface area contributed by atoms with Crippen LogP contribution < -0.4 is 5.32 Å². The molecule has 0 heterocycles. The summed E-state index contributed by atoms with van der Waals surface area (Å²) in [5, 5.41) is 3.02. The van der Waals surface area contributed by atoms with Crippen LogP contribution >= 0.6 is 23.2 Å². The molecule has 0 aliphatic heterocycles. The summed E-state index contributed by atoms with van der Waals surface area (Å²) in [5.41, 5.74) is -3.17. The molecule has 1 unspecified atom stereocenters. The van der Waals surface area contributed by atoms with Crippen molar-refractivity contribution in [3.05, 3.63) is 68.7 Å². The van der Waals surface area contributed by atoms with Gasteiger partial charge in [-0.2, -0.15) is 26.3 Å². The number of hydrogen-bond acceptors (Lipinski definition) is 2. The Balaban J connectivity index is 2.29. The molecule has 0 aromatic heterocycles. The number of nitrogens with one attached hydrogen (secondary N) is 1. The number of hydrogen-bond donors (Lipinski definition) is 1. The number of benzene rings is 2. The molecular formula is C25H29Cl2F6NO2Si. The number of amides is 1. The second kappa shape index (κ2) is 11.6. The molecule has 2 aromatic rings. The van der Waals surface area contributed by atoms with Gasteiger partial charge in [-0.15, -0.1) is 0 Å². The third-order valence-corrected chi connectivity index (χ3v) is 11.8. The molecular weight excluding hydrogens is 559 g/mol. The summed E-state index contributed by atoms with van der Waals surface area (Å²) in [6.07, 6.45) is -9.69. The maximum absolute atomic E-state index is 13.2. The molecule has 0 spiro atoms. The first-order valence-electron chi connectivity index (χ1n) is 11.4. The highest BCUT2D eigenvalue weighted by Crippen LogP contribution is 2.38. The average Bonchev–Trinajstić information content (AvgIpc) is 2.75. The Kier molecular flexibility index (Phi) is 9.82. The van der Waals surface area contributed by atoms with Crippen LogP contribution in [0.15, 0.2) is 36.4 Å². The van der Waals surface area contributed by atoms with Crippen molar-refractivity contribution >= 4 is 37.4 Å². The van der Waals surface area contributed by atoms with Gasteiger partial charge in [0, 0.05) is 24.6 Å². The van der Waals surface area contributed by atoms with E-state index in [0.29, 0.717) is 35.7 Å². The maximum Gasteiger partial charge on any atom is 0.416 e. The molecule has 37 heavy (non-hydrogen) atoms. The molecule has 0 aliphatic carbocycles. The van der Waals surface area contributed by atoms with Gasteiger partial charge in [-0.3, -0.25) is 4.79 Å². The summed E-state index contributed by atoms with van der Waals surface area (Å²) >= 11 is 12.2. The first-order valence-corrected chi connectivity index (χ1v) is 15.1. The number of rotatable bonds is 8. The van der Waals surface area contributed by atoms with Crippen LogP contribution in [0.3, 0.4) is 0 Å². The second-order valence-corrected chi connectivity index (χ2v) is 15.9. The van der Waals surface area contributed by atoms with Gasteiger partial charge in [0.25, 0.3) is 5.91 Å². The lowest BCUT2D eigenvalue weighted by Crippen LogP contribution is -2.41. The van der Waals surface area contributed by atoms with Gasteiger partial charge in [-0.1, -0.05) is 50.0 Å². The summed E-state index contributed by atoms with van der Waals surface area (Å²) in [5.74, 6) is -1.46. The van der Waals surface area contributed by atoms with E-state index in [4.69, 9.17) is 27.6 Å². The Bertz CT molecular complexity index is 1080. The molecule has 0 aliphatic rings. The molecule has 206 valence electrons. The first kappa shape index (κ1) is 31.5. The lowest BCUT2D eigenvalue weighted by atomic mass is 9.95. The van der Waals surface area contributed by atoms with Crippen LogP contribution in [-0.4, -0.2) is 27.4 Å². The fourth-order valence-corrected chi connectivity index (χ4v) is 4.60. The van der Waals surface area contributed by atoms with Gasteiger partial charge in [0.05, 0.1) is 21.2 Å². The molecule has 2 rings (SSSR count). The Labute approximate surface area is 223 Å². The summed E-state index contributed by atoms with van der Waals surface area (Å²) in [4.78, 5) is 12.7. The Morgan fingerprint density at radius 1 is 0.919 bits per heavy atom. The lowest BCUT2D eigenvalue weighted by Gasteiger charge is -2.36. The van der Waals surface area contributed by atoms with Crippen LogP contribution in [0.2, 0.25) is 28.2 Å². The van der Waals surface area contributed by atoms with Gasteiger partial charge in [-0.05, 0) is 60.4 Å². The minimum absolute atomic E-state index is 0.0203. The number of halogens is 8. The van der Waals surface area contributed by atoms with Crippen molar-refractivity contribution in [3.63, 3.8) is 0 Å². The summed E-state index contributed by atoms with van der Waals surface area (Å²) in [6, 6.07) is 5.67. The second-order valence-electron chi connectivity index (χ2n) is 10.3. The van der Waals surface area contributed by atoms with E-state index in [1.165, 1.54) is 0 Å². The van der Waals surface area contributed by atoms with E-state index in [1.54, 1.807) is 18.2 Å². The highest BCUT2D eigenvalue weighted by Gasteiger charge is 2.38. The number of carbonyl (C=O) groups is 1. The van der Waals surface area contributed by atoms with Crippen LogP contribution in [-0.2, 0) is 16.8 Å². The van der Waals surface area contributed by atoms with Gasteiger partial charge in [0.15, 0.2) is 8.32 Å². The highest BCUT2D eigenvalue weighted by atomic mass is 35.5. The Morgan fingerprint density at radius 2 is 1.46 bits per heavy atom. The monoisotopic (exact) mass is 587 g/mol. The van der Waals surface area contributed by atoms with E-state index >= 15 is 0 Å². The largest absolute Gasteiger partial charge is 0.417 e. The SMILES string of the molecule is CC(C)(C)[Si](C)(C)OCCC(CNC(=O)c1cc(C(F)(F)F)cc(C(F)(F)F)c1)c1ccc(Cl)c(Cl)c1. The van der Waals surface area contributed by atoms with Crippen molar-refractivity contribution < 1.29 is 35.6 Å². The van der Waals surface area contributed by atoms with E-state index in [-0.39, 0.29) is 22.7 Å². The third kappa shape index (κ3) is 8.63. The molecule has 0 radical (unpaired) electrons. The van der Waals surface area contributed by atoms with E-state index in [9.17, 15) is 31.1 Å². The van der Waals surface area contributed by atoms with Gasteiger partial charge in [-0.25, -0.2) is 0 Å². The minimum atomic E-state index is -5.06. The molecule has 1 amide bonds. The van der Waals surface area contributed by atoms with Crippen molar-refractivity contribution in [3.8, 4) is 0 Å². The topological polar surface area (TPSA) is 38.3 Å². The molecule has 3 nitrogen and oxygen atoms in total. The average molecular weight is 588 g/mol. The normalized spacial score (nSPS) is 14.0. The number of carbonyl (C=O) groups excluding carboxylic acids is 1. The van der Waals surface area contributed by atoms with Crippen molar-refractivity contribution in [2.75, 3.05) is 13.2 Å². The van der Waals surface area contributed by atoms with E-state index in [2.05, 4.69) is 39.2 Å². The predicted octanol–water partition coefficient (Wildman–Crippen LogP) is 8.96. The van der Waals surface area contributed by atoms with Crippen LogP contribution in [0, 0.1) is 0 Å². The smallest absolute Gasteiger partial charge is 0.416 e. The van der Waals surface area contributed by atoms with E-state index < -0.39 is 49.2 Å². The predicted molar refractivity (Wildman–Crippen MR) is 136 cm³/mol. The van der Waals surface area contributed by atoms with Crippen molar-refractivity contribution in [1.82, 2.24) is 5.32 Å². The zero-order valence-electron chi connectivity index (χ0n) is 21.0. The zero-order chi connectivity index (χ0) is 28.4. The summed E-state index contributed by atoms with van der Waals surface area (Å²) in [7, 11) is -2.09. The van der Waals surface area contributed by atoms with Crippen LogP contribution in [0.25, 0.3) is 0 Å². The van der Waals surface area contributed by atoms with Crippen LogP contribution in [0.5, 0.6) is 0 Å². The zero-order valence-corrected chi connectivity index (χ0v) is 23.5. The molecule has 0 saturated heterocycles. The van der Waals surface area contributed by atoms with E-state index in [0.717, 1.165) is 0 Å². The third-order valence-electron chi connectivity index (χ3n) is 6.51. The molecule has 0 saturated carbocycles. The Hall–Kier alpha value is -1.75. The summed E-state index contributed by atoms with van der Waals surface area (Å²) < 4.78 is 85.4. The van der Waals surface area contributed by atoms with Gasteiger partial charge in [0.2, 0.25) is 0 Å². The molecule has 1 N–H and O–H groups in total. The van der Waals surface area contributed by atoms with Gasteiger partial charge < -0.3 is 9.74 Å². The van der Waals surface area contributed by atoms with Crippen LogP contribution in [0.1, 0.15) is 60.2 Å². The molecule has 2 aromatic carbocycles. The minimum Gasteiger partial charge on any atom is -0.417 e. The van der Waals surface area contributed by atoms with Crippen LogP contribution in [0.4, 0.5) is 26.3 Å². The quantitative estimate of drug-likeness (QED) is 0.247. The van der Waals surface area contributed by atoms with Crippen molar-refractivity contribution in [1.29, 1.82) is 0 Å². The maximum atomic E-state index is 13.2. The standard InChI is InChI=1S/C25H29Cl2F6NO2Si/c1-23(2,3)37(4,5)36-9-8-16(15-6-7-20(26)21(27)12-15)14-34-22(35)17-10-18(24(28,29)30)13-19(11-17)25(31,32)33/h6-7,10-13,16H,8-9,14H2,1-5H3,(H,34,35). The van der Waals surface area contributed by atoms with E-state index in [1.807, 2.05) is 0 Å². The molecule has 0 bridgehead atoms. The molecule has 1 atom stereocenters. The Morgan fingerprint density at radius 3 is 1.92 bits per heavy atom. The fourth-order valence-electron chi connectivity index (χ4n) is 3.23. The highest BCUT2D eigenvalue weighted by molar-refractivity contribution is 6.74. The molecule has 0 fully saturated rings. The number of alkyl halides is 6.